The number of nitrogens with two attached hydrogens (primary N) is 1. The molecule has 4 heteroatoms. The molecule has 0 saturated carbocycles. The van der Waals surface area contributed by atoms with Crippen LogP contribution >= 0.6 is 15.9 Å². The van der Waals surface area contributed by atoms with E-state index in [9.17, 15) is 5.11 Å². The Morgan fingerprint density at radius 3 is 2.44 bits per heavy atom. The van der Waals surface area contributed by atoms with Crippen LogP contribution in [-0.4, -0.2) is 17.3 Å². The van der Waals surface area contributed by atoms with Crippen LogP contribution in [0.4, 0.5) is 0 Å². The molecule has 90 valence electrons. The highest BCUT2D eigenvalue weighted by molar-refractivity contribution is 9.10. The largest absolute Gasteiger partial charge is 0.488 e. The fraction of sp³-hybridized carbons (Fsp3) is 0.500. The van der Waals surface area contributed by atoms with E-state index in [0.717, 1.165) is 15.8 Å². The molecule has 0 aromatic heterocycles. The lowest BCUT2D eigenvalue weighted by Gasteiger charge is -2.21. The smallest absolute Gasteiger partial charge is 0.125 e. The molecule has 0 spiro atoms. The fourth-order valence-electron chi connectivity index (χ4n) is 1.29. The summed E-state index contributed by atoms with van der Waals surface area (Å²) in [4.78, 5) is 0. The van der Waals surface area contributed by atoms with Crippen molar-refractivity contribution in [3.63, 3.8) is 0 Å². The number of hydrogen-bond acceptors (Lipinski definition) is 3. The van der Waals surface area contributed by atoms with Crippen LogP contribution in [0, 0.1) is 0 Å². The van der Waals surface area contributed by atoms with Gasteiger partial charge in [-0.25, -0.2) is 0 Å². The lowest BCUT2D eigenvalue weighted by molar-refractivity contribution is 0.0596. The standard InChI is InChI=1S/C12H18BrNO2/c1-7(14)11-5-4-10(13)6-12(11)16-9(3)8(2)15/h4-9,15H,14H2,1-3H3/t7-,8?,9?/m1/s1. The summed E-state index contributed by atoms with van der Waals surface area (Å²) >= 11 is 3.39. The topological polar surface area (TPSA) is 55.5 Å². The molecular formula is C12H18BrNO2. The van der Waals surface area contributed by atoms with E-state index in [1.165, 1.54) is 0 Å². The van der Waals surface area contributed by atoms with Gasteiger partial charge >= 0.3 is 0 Å². The number of halogens is 1. The Labute approximate surface area is 105 Å². The molecule has 3 N–H and O–H groups in total. The van der Waals surface area contributed by atoms with Crippen LogP contribution < -0.4 is 10.5 Å². The molecule has 0 bridgehead atoms. The first kappa shape index (κ1) is 13.5. The van der Waals surface area contributed by atoms with Crippen molar-refractivity contribution < 1.29 is 9.84 Å². The van der Waals surface area contributed by atoms with Gasteiger partial charge in [-0.2, -0.15) is 0 Å². The van der Waals surface area contributed by atoms with Crippen LogP contribution in [0.5, 0.6) is 5.75 Å². The Kier molecular flexibility index (Phi) is 4.77. The average Bonchev–Trinajstić information content (AvgIpc) is 2.16. The maximum absolute atomic E-state index is 9.41. The van der Waals surface area contributed by atoms with Crippen LogP contribution in [0.15, 0.2) is 22.7 Å². The quantitative estimate of drug-likeness (QED) is 0.895. The maximum Gasteiger partial charge on any atom is 0.125 e. The molecule has 0 radical (unpaired) electrons. The highest BCUT2D eigenvalue weighted by Crippen LogP contribution is 2.28. The second-order valence-electron chi connectivity index (χ2n) is 4.03. The molecule has 0 amide bonds. The molecule has 2 unspecified atom stereocenters. The van der Waals surface area contributed by atoms with Gasteiger partial charge in [0.25, 0.3) is 0 Å². The summed E-state index contributed by atoms with van der Waals surface area (Å²) < 4.78 is 6.62. The van der Waals surface area contributed by atoms with Crippen LogP contribution in [0.25, 0.3) is 0 Å². The molecule has 0 heterocycles. The highest BCUT2D eigenvalue weighted by Gasteiger charge is 2.15. The summed E-state index contributed by atoms with van der Waals surface area (Å²) in [6.45, 7) is 5.44. The van der Waals surface area contributed by atoms with Crippen molar-refractivity contribution in [1.82, 2.24) is 0 Å². The summed E-state index contributed by atoms with van der Waals surface area (Å²) in [5.74, 6) is 0.720. The molecule has 3 nitrogen and oxygen atoms in total. The number of aliphatic hydroxyl groups is 1. The van der Waals surface area contributed by atoms with Crippen LogP contribution in [0.2, 0.25) is 0 Å². The van der Waals surface area contributed by atoms with Crippen LogP contribution in [-0.2, 0) is 0 Å². The van der Waals surface area contributed by atoms with Crippen molar-refractivity contribution in [2.75, 3.05) is 0 Å². The normalized spacial score (nSPS) is 16.6. The average molecular weight is 288 g/mol. The van der Waals surface area contributed by atoms with E-state index in [1.54, 1.807) is 6.92 Å². The Balaban J connectivity index is 2.96. The molecule has 0 aliphatic carbocycles. The molecule has 0 aliphatic rings. The van der Waals surface area contributed by atoms with Gasteiger partial charge in [0.2, 0.25) is 0 Å². The molecule has 1 rings (SSSR count). The van der Waals surface area contributed by atoms with E-state index in [0.29, 0.717) is 0 Å². The first-order chi connectivity index (χ1) is 7.41. The SMILES string of the molecule is CC(O)C(C)Oc1cc(Br)ccc1[C@@H](C)N. The van der Waals surface area contributed by atoms with E-state index >= 15 is 0 Å². The van der Waals surface area contributed by atoms with Gasteiger partial charge in [0, 0.05) is 16.1 Å². The van der Waals surface area contributed by atoms with E-state index in [4.69, 9.17) is 10.5 Å². The van der Waals surface area contributed by atoms with Crippen molar-refractivity contribution in [2.24, 2.45) is 5.73 Å². The first-order valence-corrected chi connectivity index (χ1v) is 6.11. The summed E-state index contributed by atoms with van der Waals surface area (Å²) in [5.41, 5.74) is 6.80. The van der Waals surface area contributed by atoms with Gasteiger partial charge in [0.1, 0.15) is 11.9 Å². The van der Waals surface area contributed by atoms with Gasteiger partial charge in [0.15, 0.2) is 0 Å². The monoisotopic (exact) mass is 287 g/mol. The highest BCUT2D eigenvalue weighted by atomic mass is 79.9. The van der Waals surface area contributed by atoms with Gasteiger partial charge in [0.05, 0.1) is 6.10 Å². The maximum atomic E-state index is 9.41. The zero-order chi connectivity index (χ0) is 12.3. The van der Waals surface area contributed by atoms with E-state index in [1.807, 2.05) is 32.0 Å². The van der Waals surface area contributed by atoms with Crippen LogP contribution in [0.3, 0.4) is 0 Å². The molecule has 0 fully saturated rings. The third kappa shape index (κ3) is 3.47. The van der Waals surface area contributed by atoms with Gasteiger partial charge in [-0.15, -0.1) is 0 Å². The number of aliphatic hydroxyl groups excluding tert-OH is 1. The van der Waals surface area contributed by atoms with Crippen LogP contribution in [0.1, 0.15) is 32.4 Å². The fourth-order valence-corrected chi connectivity index (χ4v) is 1.63. The summed E-state index contributed by atoms with van der Waals surface area (Å²) in [5, 5.41) is 9.41. The first-order valence-electron chi connectivity index (χ1n) is 5.31. The molecule has 1 aromatic carbocycles. The molecular weight excluding hydrogens is 270 g/mol. The summed E-state index contributed by atoms with van der Waals surface area (Å²) in [6, 6.07) is 5.64. The third-order valence-electron chi connectivity index (χ3n) is 2.46. The number of benzene rings is 1. The lowest BCUT2D eigenvalue weighted by atomic mass is 10.1. The van der Waals surface area contributed by atoms with Gasteiger partial charge in [-0.05, 0) is 32.9 Å². The van der Waals surface area contributed by atoms with E-state index in [2.05, 4.69) is 15.9 Å². The van der Waals surface area contributed by atoms with Crippen molar-refractivity contribution >= 4 is 15.9 Å². The Morgan fingerprint density at radius 2 is 1.94 bits per heavy atom. The zero-order valence-corrected chi connectivity index (χ0v) is 11.4. The van der Waals surface area contributed by atoms with E-state index in [-0.39, 0.29) is 12.1 Å². The zero-order valence-electron chi connectivity index (χ0n) is 9.77. The summed E-state index contributed by atoms with van der Waals surface area (Å²) in [6.07, 6.45) is -0.772. The van der Waals surface area contributed by atoms with Crippen molar-refractivity contribution in [2.45, 2.75) is 39.0 Å². The minimum Gasteiger partial charge on any atom is -0.488 e. The number of rotatable bonds is 4. The Bertz CT molecular complexity index is 353. The van der Waals surface area contributed by atoms with Gasteiger partial charge in [-0.1, -0.05) is 22.0 Å². The molecule has 3 atom stereocenters. The van der Waals surface area contributed by atoms with E-state index < -0.39 is 6.10 Å². The van der Waals surface area contributed by atoms with Crippen molar-refractivity contribution in [3.8, 4) is 5.75 Å². The molecule has 16 heavy (non-hydrogen) atoms. The van der Waals surface area contributed by atoms with Gasteiger partial charge < -0.3 is 15.6 Å². The molecule has 1 aromatic rings. The second-order valence-corrected chi connectivity index (χ2v) is 4.95. The van der Waals surface area contributed by atoms with Crippen molar-refractivity contribution in [1.29, 1.82) is 0 Å². The number of hydrogen-bond donors (Lipinski definition) is 2. The number of ether oxygens (including phenoxy) is 1. The lowest BCUT2D eigenvalue weighted by Crippen LogP contribution is -2.26. The predicted molar refractivity (Wildman–Crippen MR) is 68.5 cm³/mol. The predicted octanol–water partition coefficient (Wildman–Crippen LogP) is 2.62. The third-order valence-corrected chi connectivity index (χ3v) is 2.95. The Hall–Kier alpha value is -0.580. The Morgan fingerprint density at radius 1 is 1.31 bits per heavy atom. The molecule has 0 saturated heterocycles. The minimum atomic E-state index is -0.514. The molecule has 0 aliphatic heterocycles. The van der Waals surface area contributed by atoms with Gasteiger partial charge in [-0.3, -0.25) is 0 Å². The summed E-state index contributed by atoms with van der Waals surface area (Å²) in [7, 11) is 0. The van der Waals surface area contributed by atoms with Crippen molar-refractivity contribution in [3.05, 3.63) is 28.2 Å². The second kappa shape index (κ2) is 5.66. The minimum absolute atomic E-state index is 0.0932.